The zero-order chi connectivity index (χ0) is 21.0. The molecule has 4 nitrogen and oxygen atoms in total. The number of epoxide rings is 1. The number of ether oxygens (including phenoxy) is 1. The highest BCUT2D eigenvalue weighted by atomic mass is 16.6. The van der Waals surface area contributed by atoms with Crippen LogP contribution in [0.2, 0.25) is 0 Å². The van der Waals surface area contributed by atoms with Gasteiger partial charge in [0.15, 0.2) is 11.6 Å². The van der Waals surface area contributed by atoms with Crippen LogP contribution in [-0.2, 0) is 14.3 Å². The molecule has 0 aromatic heterocycles. The molecule has 1 heterocycles. The summed E-state index contributed by atoms with van der Waals surface area (Å²) in [4.78, 5) is 24.7. The van der Waals surface area contributed by atoms with E-state index in [1.807, 2.05) is 13.0 Å². The highest BCUT2D eigenvalue weighted by Gasteiger charge is 2.79. The standard InChI is InChI=1S/C22H28O4/c1-12-8-16-15-5-4-13-9-14(24)6-7-21(13,3)22(15)18(26-22)10-20(16,2)19(12)17(25)11-23/h6-7,9,12,15-16,18-19,23H,4-5,8,10-11H2,1-3H3/t12-,15?,16+,18+,19-,20+,21+,22-/m1/s1/i1D3. The lowest BCUT2D eigenvalue weighted by Crippen LogP contribution is -2.57. The summed E-state index contributed by atoms with van der Waals surface area (Å²) in [7, 11) is 0. The van der Waals surface area contributed by atoms with Gasteiger partial charge in [0.25, 0.3) is 0 Å². The number of hydrogen-bond donors (Lipinski definition) is 1. The average Bonchev–Trinajstić information content (AvgIpc) is 3.26. The minimum atomic E-state index is -2.23. The number of Topliss-reactive ketones (excluding diaryl/α,β-unsaturated/α-hetero) is 1. The van der Waals surface area contributed by atoms with Gasteiger partial charge in [-0.1, -0.05) is 25.4 Å². The highest BCUT2D eigenvalue weighted by molar-refractivity contribution is 6.01. The minimum absolute atomic E-state index is 0.0158. The first kappa shape index (κ1) is 13.8. The largest absolute Gasteiger partial charge is 0.389 e. The number of ketones is 2. The summed E-state index contributed by atoms with van der Waals surface area (Å²) >= 11 is 0. The van der Waals surface area contributed by atoms with Crippen LogP contribution in [0.3, 0.4) is 0 Å². The SMILES string of the molecule is [2H]C([2H])([2H])[C@@H]1C[C@H]2C3CCC4=CC(=O)C=C[C@]4(C)[C@@]34O[C@H]4C[C@]2(C)[C@H]1C(=O)CO. The normalized spacial score (nSPS) is 56.1. The van der Waals surface area contributed by atoms with Crippen LogP contribution >= 0.6 is 0 Å². The summed E-state index contributed by atoms with van der Waals surface area (Å²) in [5.41, 5.74) is -0.139. The van der Waals surface area contributed by atoms with Gasteiger partial charge < -0.3 is 9.84 Å². The van der Waals surface area contributed by atoms with Crippen LogP contribution in [-0.4, -0.2) is 35.0 Å². The summed E-state index contributed by atoms with van der Waals surface area (Å²) in [5.74, 6) is -1.53. The molecule has 1 saturated heterocycles. The van der Waals surface area contributed by atoms with Crippen LogP contribution in [0.25, 0.3) is 0 Å². The summed E-state index contributed by atoms with van der Waals surface area (Å²) < 4.78 is 30.7. The van der Waals surface area contributed by atoms with Crippen molar-refractivity contribution in [3.05, 3.63) is 23.8 Å². The first-order chi connectivity index (χ1) is 13.5. The van der Waals surface area contributed by atoms with Crippen LogP contribution in [0.4, 0.5) is 0 Å². The van der Waals surface area contributed by atoms with Gasteiger partial charge in [0.1, 0.15) is 12.2 Å². The smallest absolute Gasteiger partial charge is 0.178 e. The Hall–Kier alpha value is -1.26. The number of aliphatic hydroxyl groups excluding tert-OH is 1. The predicted molar refractivity (Wildman–Crippen MR) is 96.2 cm³/mol. The third-order valence-corrected chi connectivity index (χ3v) is 8.49. The van der Waals surface area contributed by atoms with E-state index in [1.54, 1.807) is 12.2 Å². The number of carbonyl (C=O) groups is 2. The molecule has 1 N–H and O–H groups in total. The number of rotatable bonds is 2. The molecule has 0 bridgehead atoms. The van der Waals surface area contributed by atoms with Gasteiger partial charge in [-0.05, 0) is 67.9 Å². The molecule has 4 fully saturated rings. The zero-order valence-electron chi connectivity index (χ0n) is 18.3. The van der Waals surface area contributed by atoms with Gasteiger partial charge in [0.2, 0.25) is 0 Å². The Labute approximate surface area is 158 Å². The lowest BCUT2D eigenvalue weighted by atomic mass is 9.47. The van der Waals surface area contributed by atoms with Gasteiger partial charge in [0.05, 0.1) is 6.10 Å². The topological polar surface area (TPSA) is 66.9 Å². The molecule has 5 rings (SSSR count). The summed E-state index contributed by atoms with van der Waals surface area (Å²) in [5, 5.41) is 9.60. The van der Waals surface area contributed by atoms with Crippen LogP contribution in [0, 0.1) is 34.5 Å². The van der Waals surface area contributed by atoms with Gasteiger partial charge in [-0.15, -0.1) is 0 Å². The molecule has 0 radical (unpaired) electrons. The van der Waals surface area contributed by atoms with E-state index in [9.17, 15) is 14.7 Å². The third-order valence-electron chi connectivity index (χ3n) is 8.49. The van der Waals surface area contributed by atoms with E-state index in [1.165, 1.54) is 0 Å². The second kappa shape index (κ2) is 4.96. The number of hydrogen-bond acceptors (Lipinski definition) is 4. The van der Waals surface area contributed by atoms with Gasteiger partial charge in [-0.2, -0.15) is 0 Å². The Morgan fingerprint density at radius 3 is 2.96 bits per heavy atom. The Morgan fingerprint density at radius 2 is 2.23 bits per heavy atom. The van der Waals surface area contributed by atoms with Crippen molar-refractivity contribution < 1.29 is 23.5 Å². The molecule has 3 saturated carbocycles. The van der Waals surface area contributed by atoms with Crippen molar-refractivity contribution in [2.45, 2.75) is 58.1 Å². The summed E-state index contributed by atoms with van der Waals surface area (Å²) in [6.07, 6.45) is 8.04. The quantitative estimate of drug-likeness (QED) is 0.770. The Balaban J connectivity index is 1.59. The van der Waals surface area contributed by atoms with E-state index in [2.05, 4.69) is 6.92 Å². The van der Waals surface area contributed by atoms with Gasteiger partial charge in [-0.3, -0.25) is 9.59 Å². The van der Waals surface area contributed by atoms with Crippen molar-refractivity contribution >= 4 is 11.6 Å². The number of allylic oxidation sites excluding steroid dienone is 2. The first-order valence-electron chi connectivity index (χ1n) is 11.2. The van der Waals surface area contributed by atoms with Crippen molar-refractivity contribution in [3.8, 4) is 0 Å². The van der Waals surface area contributed by atoms with Crippen LogP contribution < -0.4 is 0 Å². The lowest BCUT2D eigenvalue weighted by Gasteiger charge is -2.54. The van der Waals surface area contributed by atoms with Gasteiger partial charge in [-0.25, -0.2) is 0 Å². The second-order valence-corrected chi connectivity index (χ2v) is 9.41. The van der Waals surface area contributed by atoms with Crippen molar-refractivity contribution in [3.63, 3.8) is 0 Å². The highest BCUT2D eigenvalue weighted by Crippen LogP contribution is 2.75. The fraction of sp³-hybridized carbons (Fsp3) is 0.727. The Bertz CT molecular complexity index is 861. The fourth-order valence-electron chi connectivity index (χ4n) is 7.39. The van der Waals surface area contributed by atoms with Crippen LogP contribution in [0.15, 0.2) is 23.8 Å². The first-order valence-corrected chi connectivity index (χ1v) is 9.74. The molecule has 0 amide bonds. The van der Waals surface area contributed by atoms with Gasteiger partial charge >= 0.3 is 0 Å². The van der Waals surface area contributed by atoms with E-state index < -0.39 is 36.3 Å². The molecule has 140 valence electrons. The maximum atomic E-state index is 12.7. The van der Waals surface area contributed by atoms with E-state index in [4.69, 9.17) is 8.85 Å². The van der Waals surface area contributed by atoms with Crippen LogP contribution in [0.5, 0.6) is 0 Å². The maximum absolute atomic E-state index is 12.7. The second-order valence-electron chi connectivity index (χ2n) is 9.41. The fourth-order valence-corrected chi connectivity index (χ4v) is 7.39. The molecule has 0 aromatic carbocycles. The van der Waals surface area contributed by atoms with Crippen molar-refractivity contribution in [1.82, 2.24) is 0 Å². The minimum Gasteiger partial charge on any atom is -0.389 e. The molecule has 1 aliphatic heterocycles. The molecule has 0 aromatic rings. The Kier molecular flexibility index (Phi) is 2.64. The molecule has 1 spiro atoms. The molecule has 8 atom stereocenters. The average molecular weight is 359 g/mol. The Morgan fingerprint density at radius 1 is 1.42 bits per heavy atom. The summed E-state index contributed by atoms with van der Waals surface area (Å²) in [6.45, 7) is 1.34. The summed E-state index contributed by atoms with van der Waals surface area (Å²) in [6, 6.07) is 0. The molecular formula is C22H28O4. The molecular weight excluding hydrogens is 328 g/mol. The van der Waals surface area contributed by atoms with E-state index in [0.29, 0.717) is 12.8 Å². The molecule has 4 aliphatic carbocycles. The van der Waals surface area contributed by atoms with Crippen molar-refractivity contribution in [2.75, 3.05) is 6.61 Å². The zero-order valence-corrected chi connectivity index (χ0v) is 15.3. The van der Waals surface area contributed by atoms with Gasteiger partial charge in [0, 0.05) is 15.4 Å². The monoisotopic (exact) mass is 359 g/mol. The predicted octanol–water partition coefficient (Wildman–Crippen LogP) is 2.85. The van der Waals surface area contributed by atoms with E-state index in [-0.39, 0.29) is 34.9 Å². The van der Waals surface area contributed by atoms with E-state index >= 15 is 0 Å². The number of aliphatic hydroxyl groups is 1. The third kappa shape index (κ3) is 1.73. The van der Waals surface area contributed by atoms with Crippen molar-refractivity contribution in [1.29, 1.82) is 0 Å². The molecule has 1 unspecified atom stereocenters. The molecule has 26 heavy (non-hydrogen) atoms. The number of carbonyl (C=O) groups excluding carboxylic acids is 2. The van der Waals surface area contributed by atoms with Crippen molar-refractivity contribution in [2.24, 2.45) is 34.5 Å². The molecule has 5 aliphatic rings. The number of fused-ring (bicyclic) bond motifs is 3. The van der Waals surface area contributed by atoms with Crippen LogP contribution in [0.1, 0.15) is 50.5 Å². The van der Waals surface area contributed by atoms with E-state index in [0.717, 1.165) is 18.4 Å². The lowest BCUT2D eigenvalue weighted by molar-refractivity contribution is -0.132. The maximum Gasteiger partial charge on any atom is 0.178 e. The molecule has 4 heteroatoms.